The van der Waals surface area contributed by atoms with Gasteiger partial charge in [-0.05, 0) is 30.5 Å². The molecule has 0 bridgehead atoms. The van der Waals surface area contributed by atoms with Gasteiger partial charge in [0.15, 0.2) is 5.78 Å². The van der Waals surface area contributed by atoms with Gasteiger partial charge in [-0.3, -0.25) is 19.6 Å². The quantitative estimate of drug-likeness (QED) is 0.544. The molecule has 0 radical (unpaired) electrons. The molecule has 0 amide bonds. The van der Waals surface area contributed by atoms with Crippen molar-refractivity contribution in [1.82, 2.24) is 9.97 Å². The first kappa shape index (κ1) is 23.7. The SMILES string of the molecule is C=C/C=C(/Cl)Cc1cnc(-c2ccc3c(c2)CCC(CC(=O)O)(CC(F)(F)F)C3=O)cn1. The molecule has 9 heteroatoms. The normalized spacial score (nSPS) is 18.9. The van der Waals surface area contributed by atoms with Crippen molar-refractivity contribution in [2.45, 2.75) is 38.3 Å². The topological polar surface area (TPSA) is 80.1 Å². The van der Waals surface area contributed by atoms with Crippen molar-refractivity contribution in [1.29, 1.82) is 0 Å². The predicted octanol–water partition coefficient (Wildman–Crippen LogP) is 5.54. The Morgan fingerprint density at radius 2 is 2.03 bits per heavy atom. The maximum absolute atomic E-state index is 13.1. The molecule has 1 unspecified atom stereocenters. The maximum Gasteiger partial charge on any atom is 0.390 e. The average molecular weight is 465 g/mol. The number of nitrogens with zero attached hydrogens (tertiary/aromatic N) is 2. The number of aryl methyl sites for hydroxylation is 1. The van der Waals surface area contributed by atoms with Gasteiger partial charge in [0.1, 0.15) is 0 Å². The van der Waals surface area contributed by atoms with E-state index < -0.39 is 36.2 Å². The molecular weight excluding hydrogens is 445 g/mol. The van der Waals surface area contributed by atoms with E-state index in [9.17, 15) is 22.8 Å². The fourth-order valence-corrected chi connectivity index (χ4v) is 4.21. The number of allylic oxidation sites excluding steroid dienone is 3. The van der Waals surface area contributed by atoms with Gasteiger partial charge in [0.25, 0.3) is 0 Å². The molecule has 0 saturated heterocycles. The Bertz CT molecular complexity index is 1080. The van der Waals surface area contributed by atoms with Gasteiger partial charge in [0.05, 0.1) is 35.8 Å². The van der Waals surface area contributed by atoms with Crippen molar-refractivity contribution in [2.24, 2.45) is 5.41 Å². The van der Waals surface area contributed by atoms with Crippen molar-refractivity contribution in [2.75, 3.05) is 0 Å². The van der Waals surface area contributed by atoms with Crippen LogP contribution in [0.15, 0.2) is 54.4 Å². The van der Waals surface area contributed by atoms with Crippen molar-refractivity contribution in [3.8, 4) is 11.3 Å². The number of rotatable bonds is 7. The van der Waals surface area contributed by atoms with E-state index in [2.05, 4.69) is 16.5 Å². The summed E-state index contributed by atoms with van der Waals surface area (Å²) in [4.78, 5) is 32.9. The molecule has 1 aliphatic carbocycles. The Hall–Kier alpha value is -3.00. The standard InChI is InChI=1S/C23H20ClF3N2O3/c1-2-3-16(24)9-17-11-29-19(12-28-17)15-4-5-18-14(8-15)6-7-22(21(18)32,10-20(30)31)13-23(25,26)27/h2-5,8,11-12H,1,6-7,9-10,13H2,(H,30,31)/b16-3+. The smallest absolute Gasteiger partial charge is 0.390 e. The summed E-state index contributed by atoms with van der Waals surface area (Å²) in [5, 5.41) is 9.70. The Labute approximate surface area is 187 Å². The van der Waals surface area contributed by atoms with Gasteiger partial charge in [-0.25, -0.2) is 0 Å². The lowest BCUT2D eigenvalue weighted by atomic mass is 9.66. The predicted molar refractivity (Wildman–Crippen MR) is 113 cm³/mol. The number of carboxylic acid groups (broad SMARTS) is 1. The van der Waals surface area contributed by atoms with Crippen LogP contribution in [-0.4, -0.2) is 33.0 Å². The molecule has 1 aromatic carbocycles. The van der Waals surface area contributed by atoms with Crippen molar-refractivity contribution >= 4 is 23.4 Å². The summed E-state index contributed by atoms with van der Waals surface area (Å²) < 4.78 is 39.4. The Kier molecular flexibility index (Phi) is 6.83. The number of aliphatic carboxylic acids is 1. The number of alkyl halides is 3. The first-order chi connectivity index (χ1) is 15.0. The monoisotopic (exact) mass is 464 g/mol. The Morgan fingerprint density at radius 3 is 2.62 bits per heavy atom. The summed E-state index contributed by atoms with van der Waals surface area (Å²) in [5.41, 5.74) is 0.541. The van der Waals surface area contributed by atoms with Crippen LogP contribution in [0.1, 0.15) is 40.9 Å². The number of carbonyl (C=O) groups is 2. The van der Waals surface area contributed by atoms with Crippen molar-refractivity contribution < 1.29 is 27.9 Å². The number of hydrogen-bond acceptors (Lipinski definition) is 4. The van der Waals surface area contributed by atoms with Crippen LogP contribution in [0.5, 0.6) is 0 Å². The number of carboxylic acids is 1. The summed E-state index contributed by atoms with van der Waals surface area (Å²) in [6.07, 6.45) is -0.255. The summed E-state index contributed by atoms with van der Waals surface area (Å²) in [7, 11) is 0. The molecule has 0 spiro atoms. The van der Waals surface area contributed by atoms with E-state index in [-0.39, 0.29) is 18.4 Å². The van der Waals surface area contributed by atoms with E-state index in [0.29, 0.717) is 34.0 Å². The Morgan fingerprint density at radius 1 is 1.28 bits per heavy atom. The van der Waals surface area contributed by atoms with E-state index in [1.54, 1.807) is 36.7 Å². The minimum atomic E-state index is -4.65. The molecule has 1 atom stereocenters. The zero-order valence-corrected chi connectivity index (χ0v) is 17.7. The molecule has 0 aliphatic heterocycles. The van der Waals surface area contributed by atoms with Gasteiger partial charge in [-0.1, -0.05) is 36.4 Å². The Balaban J connectivity index is 1.88. The summed E-state index contributed by atoms with van der Waals surface area (Å²) in [6.45, 7) is 3.57. The van der Waals surface area contributed by atoms with E-state index in [1.165, 1.54) is 6.07 Å². The summed E-state index contributed by atoms with van der Waals surface area (Å²) in [5.74, 6) is -2.21. The second kappa shape index (κ2) is 9.24. The third-order valence-corrected chi connectivity index (χ3v) is 5.64. The summed E-state index contributed by atoms with van der Waals surface area (Å²) in [6, 6.07) is 4.72. The number of hydrogen-bond donors (Lipinski definition) is 1. The number of fused-ring (bicyclic) bond motifs is 1. The third-order valence-electron chi connectivity index (χ3n) is 5.38. The molecule has 0 saturated carbocycles. The van der Waals surface area contributed by atoms with E-state index in [1.807, 2.05) is 0 Å². The molecule has 0 fully saturated rings. The molecule has 168 valence electrons. The van der Waals surface area contributed by atoms with Crippen LogP contribution in [-0.2, 0) is 17.6 Å². The fourth-order valence-electron chi connectivity index (χ4n) is 3.98. The molecule has 2 aromatic rings. The van der Waals surface area contributed by atoms with Gasteiger partial charge < -0.3 is 5.11 Å². The van der Waals surface area contributed by atoms with Gasteiger partial charge in [-0.15, -0.1) is 0 Å². The molecule has 1 aliphatic rings. The van der Waals surface area contributed by atoms with Crippen LogP contribution >= 0.6 is 11.6 Å². The lowest BCUT2D eigenvalue weighted by Gasteiger charge is -2.36. The van der Waals surface area contributed by atoms with Crippen LogP contribution in [0.3, 0.4) is 0 Å². The number of carbonyl (C=O) groups excluding carboxylic acids is 1. The number of Topliss-reactive ketones (excluding diaryl/α,β-unsaturated/α-hetero) is 1. The highest BCUT2D eigenvalue weighted by Crippen LogP contribution is 2.46. The molecule has 1 aromatic heterocycles. The second-order valence-corrected chi connectivity index (χ2v) is 8.25. The van der Waals surface area contributed by atoms with Gasteiger partial charge >= 0.3 is 12.1 Å². The maximum atomic E-state index is 13.1. The molecule has 1 N–H and O–H groups in total. The van der Waals surface area contributed by atoms with E-state index in [0.717, 1.165) is 0 Å². The van der Waals surface area contributed by atoms with Gasteiger partial charge in [0.2, 0.25) is 0 Å². The average Bonchev–Trinajstić information content (AvgIpc) is 2.70. The van der Waals surface area contributed by atoms with Crippen molar-refractivity contribution in [3.05, 3.63) is 71.2 Å². The number of aromatic nitrogens is 2. The molecular formula is C23H20ClF3N2O3. The van der Waals surface area contributed by atoms with Crippen LogP contribution < -0.4 is 0 Å². The van der Waals surface area contributed by atoms with Crippen LogP contribution in [0.4, 0.5) is 13.2 Å². The van der Waals surface area contributed by atoms with Crippen LogP contribution in [0, 0.1) is 5.41 Å². The number of benzene rings is 1. The second-order valence-electron chi connectivity index (χ2n) is 7.76. The lowest BCUT2D eigenvalue weighted by Crippen LogP contribution is -2.41. The highest BCUT2D eigenvalue weighted by atomic mass is 35.5. The van der Waals surface area contributed by atoms with E-state index >= 15 is 0 Å². The molecule has 32 heavy (non-hydrogen) atoms. The minimum absolute atomic E-state index is 0.122. The zero-order chi connectivity index (χ0) is 23.5. The zero-order valence-electron chi connectivity index (χ0n) is 17.0. The molecule has 3 rings (SSSR count). The first-order valence-electron chi connectivity index (χ1n) is 9.78. The van der Waals surface area contributed by atoms with Crippen LogP contribution in [0.2, 0.25) is 0 Å². The van der Waals surface area contributed by atoms with Gasteiger partial charge in [0, 0.05) is 28.8 Å². The number of halogens is 4. The largest absolute Gasteiger partial charge is 0.481 e. The highest BCUT2D eigenvalue weighted by molar-refractivity contribution is 6.29. The fraction of sp³-hybridized carbons (Fsp3) is 0.304. The van der Waals surface area contributed by atoms with Crippen molar-refractivity contribution in [3.63, 3.8) is 0 Å². The highest BCUT2D eigenvalue weighted by Gasteiger charge is 2.50. The first-order valence-corrected chi connectivity index (χ1v) is 10.2. The molecule has 5 nitrogen and oxygen atoms in total. The number of ketones is 1. The third kappa shape index (κ3) is 5.43. The lowest BCUT2D eigenvalue weighted by molar-refractivity contribution is -0.160. The van der Waals surface area contributed by atoms with E-state index in [4.69, 9.17) is 16.7 Å². The van der Waals surface area contributed by atoms with Gasteiger partial charge in [-0.2, -0.15) is 13.2 Å². The summed E-state index contributed by atoms with van der Waals surface area (Å²) >= 11 is 6.04. The molecule has 1 heterocycles. The van der Waals surface area contributed by atoms with Crippen LogP contribution in [0.25, 0.3) is 11.3 Å². The minimum Gasteiger partial charge on any atom is -0.481 e.